The van der Waals surface area contributed by atoms with Crippen molar-refractivity contribution < 1.29 is 0 Å². The van der Waals surface area contributed by atoms with E-state index in [4.69, 9.17) is 11.6 Å². The predicted molar refractivity (Wildman–Crippen MR) is 91.0 cm³/mol. The van der Waals surface area contributed by atoms with Crippen LogP contribution in [0.3, 0.4) is 0 Å². The molecule has 0 radical (unpaired) electrons. The Morgan fingerprint density at radius 2 is 2.05 bits per heavy atom. The third kappa shape index (κ3) is 4.97. The first kappa shape index (κ1) is 17.9. The Balaban J connectivity index is 2.74. The van der Waals surface area contributed by atoms with Crippen molar-refractivity contribution in [1.82, 2.24) is 15.1 Å². The van der Waals surface area contributed by atoms with Crippen molar-refractivity contribution in [2.45, 2.75) is 65.3 Å². The van der Waals surface area contributed by atoms with Crippen LogP contribution in [0.25, 0.3) is 0 Å². The Kier molecular flexibility index (Phi) is 8.00. The van der Waals surface area contributed by atoms with Crippen LogP contribution in [0.15, 0.2) is 0 Å². The fraction of sp³-hybridized carbons (Fsp3) is 0.800. The molecule has 0 spiro atoms. The molecular formula is C15H28ClN3S. The van der Waals surface area contributed by atoms with Gasteiger partial charge >= 0.3 is 0 Å². The Bertz CT molecular complexity index is 406. The quantitative estimate of drug-likeness (QED) is 0.748. The molecule has 0 saturated heterocycles. The average Bonchev–Trinajstić information content (AvgIpc) is 2.72. The monoisotopic (exact) mass is 317 g/mol. The van der Waals surface area contributed by atoms with E-state index >= 15 is 0 Å². The number of likely N-dealkylation sites (N-methyl/N-ethyl adjacent to an activating group) is 1. The number of hydrogen-bond donors (Lipinski definition) is 1. The number of aryl methyl sites for hydroxylation is 2. The highest BCUT2D eigenvalue weighted by molar-refractivity contribution is 7.99. The van der Waals surface area contributed by atoms with E-state index in [-0.39, 0.29) is 0 Å². The van der Waals surface area contributed by atoms with Crippen LogP contribution in [0.4, 0.5) is 0 Å². The van der Waals surface area contributed by atoms with E-state index in [0.717, 1.165) is 36.0 Å². The van der Waals surface area contributed by atoms with Crippen molar-refractivity contribution >= 4 is 23.4 Å². The molecule has 5 heteroatoms. The van der Waals surface area contributed by atoms with Gasteiger partial charge in [-0.25, -0.2) is 0 Å². The molecule has 0 amide bonds. The van der Waals surface area contributed by atoms with Crippen LogP contribution in [0.2, 0.25) is 5.02 Å². The molecule has 0 aromatic carbocycles. The van der Waals surface area contributed by atoms with E-state index in [9.17, 15) is 0 Å². The van der Waals surface area contributed by atoms with Gasteiger partial charge in [0, 0.05) is 30.0 Å². The third-order valence-corrected chi connectivity index (χ3v) is 5.53. The van der Waals surface area contributed by atoms with Crippen molar-refractivity contribution in [3.63, 3.8) is 0 Å². The molecule has 0 bridgehead atoms. The second-order valence-electron chi connectivity index (χ2n) is 5.17. The maximum absolute atomic E-state index is 6.41. The first-order valence-electron chi connectivity index (χ1n) is 7.60. The lowest BCUT2D eigenvalue weighted by molar-refractivity contribution is 0.533. The topological polar surface area (TPSA) is 29.9 Å². The van der Waals surface area contributed by atoms with E-state index in [1.807, 2.05) is 23.4 Å². The predicted octanol–water partition coefficient (Wildman–Crippen LogP) is 3.92. The first-order chi connectivity index (χ1) is 9.53. The van der Waals surface area contributed by atoms with E-state index in [0.29, 0.717) is 11.3 Å². The third-order valence-electron chi connectivity index (χ3n) is 3.54. The SMILES string of the molecule is CCNC(CSC(C)CC)Cc1c(Cl)c(C)nn1CC. The number of aromatic nitrogens is 2. The maximum atomic E-state index is 6.41. The molecule has 1 rings (SSSR count). The normalized spacial score (nSPS) is 14.5. The molecule has 2 atom stereocenters. The highest BCUT2D eigenvalue weighted by Crippen LogP contribution is 2.23. The zero-order valence-corrected chi connectivity index (χ0v) is 14.9. The minimum absolute atomic E-state index is 0.456. The highest BCUT2D eigenvalue weighted by Gasteiger charge is 2.18. The number of halogens is 1. The summed E-state index contributed by atoms with van der Waals surface area (Å²) < 4.78 is 2.04. The van der Waals surface area contributed by atoms with Crippen molar-refractivity contribution in [2.75, 3.05) is 12.3 Å². The molecule has 2 unspecified atom stereocenters. The summed E-state index contributed by atoms with van der Waals surface area (Å²) in [6.45, 7) is 12.7. The summed E-state index contributed by atoms with van der Waals surface area (Å²) in [5.41, 5.74) is 2.11. The molecule has 0 fully saturated rings. The van der Waals surface area contributed by atoms with Crippen molar-refractivity contribution in [3.8, 4) is 0 Å². The van der Waals surface area contributed by atoms with Gasteiger partial charge in [0.1, 0.15) is 0 Å². The van der Waals surface area contributed by atoms with Crippen molar-refractivity contribution in [3.05, 3.63) is 16.4 Å². The fourth-order valence-corrected chi connectivity index (χ4v) is 3.42. The van der Waals surface area contributed by atoms with E-state index in [2.05, 4.69) is 38.1 Å². The maximum Gasteiger partial charge on any atom is 0.0847 e. The Hall–Kier alpha value is -0.190. The fourth-order valence-electron chi connectivity index (χ4n) is 2.17. The Labute approximate surface area is 132 Å². The first-order valence-corrected chi connectivity index (χ1v) is 9.02. The number of rotatable bonds is 9. The van der Waals surface area contributed by atoms with Gasteiger partial charge in [-0.2, -0.15) is 16.9 Å². The van der Waals surface area contributed by atoms with Crippen LogP contribution < -0.4 is 5.32 Å². The summed E-state index contributed by atoms with van der Waals surface area (Å²) in [6.07, 6.45) is 2.17. The van der Waals surface area contributed by atoms with Gasteiger partial charge in [-0.1, -0.05) is 32.4 Å². The van der Waals surface area contributed by atoms with Gasteiger partial charge in [0.2, 0.25) is 0 Å². The van der Waals surface area contributed by atoms with E-state index in [1.165, 1.54) is 12.1 Å². The minimum atomic E-state index is 0.456. The lowest BCUT2D eigenvalue weighted by Crippen LogP contribution is -2.34. The van der Waals surface area contributed by atoms with Gasteiger partial charge in [-0.3, -0.25) is 4.68 Å². The van der Waals surface area contributed by atoms with Crippen LogP contribution in [0.1, 0.15) is 45.5 Å². The van der Waals surface area contributed by atoms with Crippen LogP contribution in [-0.4, -0.2) is 33.4 Å². The van der Waals surface area contributed by atoms with Gasteiger partial charge < -0.3 is 5.32 Å². The molecule has 0 saturated carbocycles. The van der Waals surface area contributed by atoms with Gasteiger partial charge in [0.05, 0.1) is 16.4 Å². The molecule has 1 aromatic heterocycles. The second kappa shape index (κ2) is 8.96. The molecule has 1 N–H and O–H groups in total. The minimum Gasteiger partial charge on any atom is -0.313 e. The number of hydrogen-bond acceptors (Lipinski definition) is 3. The molecule has 116 valence electrons. The summed E-state index contributed by atoms with van der Waals surface area (Å²) >= 11 is 8.44. The zero-order chi connectivity index (χ0) is 15.1. The zero-order valence-electron chi connectivity index (χ0n) is 13.4. The van der Waals surface area contributed by atoms with Crippen LogP contribution in [0, 0.1) is 6.92 Å². The van der Waals surface area contributed by atoms with Crippen LogP contribution in [0.5, 0.6) is 0 Å². The summed E-state index contributed by atoms with van der Waals surface area (Å²) in [7, 11) is 0. The summed E-state index contributed by atoms with van der Waals surface area (Å²) in [5.74, 6) is 1.12. The molecule has 3 nitrogen and oxygen atoms in total. The van der Waals surface area contributed by atoms with E-state index < -0.39 is 0 Å². The van der Waals surface area contributed by atoms with E-state index in [1.54, 1.807) is 0 Å². The highest BCUT2D eigenvalue weighted by atomic mass is 35.5. The second-order valence-corrected chi connectivity index (χ2v) is 7.02. The summed E-state index contributed by atoms with van der Waals surface area (Å²) in [6, 6.07) is 0.456. The van der Waals surface area contributed by atoms with Gasteiger partial charge in [0.25, 0.3) is 0 Å². The van der Waals surface area contributed by atoms with Gasteiger partial charge in [-0.15, -0.1) is 0 Å². The van der Waals surface area contributed by atoms with Crippen molar-refractivity contribution in [2.24, 2.45) is 0 Å². The molecule has 0 aliphatic rings. The van der Waals surface area contributed by atoms with Crippen LogP contribution >= 0.6 is 23.4 Å². The standard InChI is InChI=1S/C15H28ClN3S/c1-6-11(4)20-10-13(17-7-2)9-14-15(16)12(5)18-19(14)8-3/h11,13,17H,6-10H2,1-5H3. The van der Waals surface area contributed by atoms with Crippen molar-refractivity contribution in [1.29, 1.82) is 0 Å². The molecule has 1 heterocycles. The lowest BCUT2D eigenvalue weighted by atomic mass is 10.1. The largest absolute Gasteiger partial charge is 0.313 e. The lowest BCUT2D eigenvalue weighted by Gasteiger charge is -2.20. The summed E-state index contributed by atoms with van der Waals surface area (Å²) in [4.78, 5) is 0. The number of thioether (sulfide) groups is 1. The molecule has 20 heavy (non-hydrogen) atoms. The smallest absolute Gasteiger partial charge is 0.0847 e. The average molecular weight is 318 g/mol. The Morgan fingerprint density at radius 1 is 1.35 bits per heavy atom. The molecule has 1 aromatic rings. The van der Waals surface area contributed by atoms with Gasteiger partial charge in [0.15, 0.2) is 0 Å². The van der Waals surface area contributed by atoms with Crippen LogP contribution in [-0.2, 0) is 13.0 Å². The molecule has 0 aliphatic carbocycles. The molecule has 0 aliphatic heterocycles. The summed E-state index contributed by atoms with van der Waals surface area (Å²) in [5, 5.41) is 9.63. The number of nitrogens with one attached hydrogen (secondary N) is 1. The molecular weight excluding hydrogens is 290 g/mol. The van der Waals surface area contributed by atoms with Gasteiger partial charge in [-0.05, 0) is 26.8 Å². The Morgan fingerprint density at radius 3 is 2.60 bits per heavy atom. The number of nitrogens with zero attached hydrogens (tertiary/aromatic N) is 2.